The Kier molecular flexibility index (Phi) is 3.98. The van der Waals surface area contributed by atoms with Crippen molar-refractivity contribution >= 4 is 0 Å². The molecule has 1 saturated heterocycles. The third-order valence-corrected chi connectivity index (χ3v) is 2.58. The van der Waals surface area contributed by atoms with Crippen LogP contribution in [0, 0.1) is 5.92 Å². The van der Waals surface area contributed by atoms with E-state index in [0.29, 0.717) is 0 Å². The average Bonchev–Trinajstić information content (AvgIpc) is 2.16. The van der Waals surface area contributed by atoms with Crippen molar-refractivity contribution in [2.24, 2.45) is 5.92 Å². The molecule has 0 saturated carbocycles. The maximum Gasteiger partial charge on any atom is 0.0185 e. The predicted molar refractivity (Wildman–Crippen MR) is 51.4 cm³/mol. The van der Waals surface area contributed by atoms with Gasteiger partial charge in [-0.15, -0.1) is 0 Å². The maximum absolute atomic E-state index is 3.38. The Bertz CT molecular complexity index is 97.2. The molecule has 0 aliphatic carbocycles. The molecule has 12 heavy (non-hydrogen) atoms. The molecular weight excluding hydrogens is 150 g/mol. The lowest BCUT2D eigenvalue weighted by molar-refractivity contribution is -0.0378. The van der Waals surface area contributed by atoms with Crippen LogP contribution >= 0.6 is 0 Å². The van der Waals surface area contributed by atoms with Crippen LogP contribution in [0.25, 0.3) is 0 Å². The van der Waals surface area contributed by atoms with Gasteiger partial charge in [0.05, 0.1) is 0 Å². The van der Waals surface area contributed by atoms with Gasteiger partial charge in [0.15, 0.2) is 0 Å². The van der Waals surface area contributed by atoms with Crippen LogP contribution in [-0.2, 0) is 0 Å². The van der Waals surface area contributed by atoms with Crippen molar-refractivity contribution in [2.75, 3.05) is 26.2 Å². The standard InChI is InChI=1S/C9H21N3/c1-4-9-7-11(5-2)10-12(6-3)8-9/h9-10H,4-8H2,1-3H3. The number of hydrogen-bond acceptors (Lipinski definition) is 3. The van der Waals surface area contributed by atoms with Crippen molar-refractivity contribution in [3.05, 3.63) is 0 Å². The Morgan fingerprint density at radius 1 is 1.08 bits per heavy atom. The van der Waals surface area contributed by atoms with E-state index in [2.05, 4.69) is 36.3 Å². The van der Waals surface area contributed by atoms with Crippen molar-refractivity contribution < 1.29 is 0 Å². The molecular formula is C9H21N3. The lowest BCUT2D eigenvalue weighted by atomic mass is 10.1. The molecule has 0 aromatic heterocycles. The number of hydrogen-bond donors (Lipinski definition) is 1. The summed E-state index contributed by atoms with van der Waals surface area (Å²) in [6, 6.07) is 0. The van der Waals surface area contributed by atoms with Crippen molar-refractivity contribution in [3.63, 3.8) is 0 Å². The van der Waals surface area contributed by atoms with Gasteiger partial charge in [-0.25, -0.2) is 10.0 Å². The zero-order valence-corrected chi connectivity index (χ0v) is 8.51. The highest BCUT2D eigenvalue weighted by molar-refractivity contribution is 4.69. The number of nitrogens with one attached hydrogen (secondary N) is 1. The smallest absolute Gasteiger partial charge is 0.0185 e. The molecule has 1 rings (SSSR count). The Morgan fingerprint density at radius 3 is 1.92 bits per heavy atom. The summed E-state index contributed by atoms with van der Waals surface area (Å²) in [5, 5.41) is 4.59. The van der Waals surface area contributed by atoms with E-state index in [9.17, 15) is 0 Å². The fourth-order valence-corrected chi connectivity index (χ4v) is 1.62. The molecule has 0 spiro atoms. The average molecular weight is 171 g/mol. The quantitative estimate of drug-likeness (QED) is 0.686. The summed E-state index contributed by atoms with van der Waals surface area (Å²) >= 11 is 0. The van der Waals surface area contributed by atoms with Crippen molar-refractivity contribution in [3.8, 4) is 0 Å². The number of rotatable bonds is 3. The van der Waals surface area contributed by atoms with Gasteiger partial charge in [-0.05, 0) is 5.92 Å². The first-order valence-electron chi connectivity index (χ1n) is 5.06. The molecule has 0 bridgehead atoms. The Labute approximate surface area is 75.7 Å². The predicted octanol–water partition coefficient (Wildman–Crippen LogP) is 1.09. The third-order valence-electron chi connectivity index (χ3n) is 2.58. The minimum absolute atomic E-state index is 0.839. The molecule has 3 heteroatoms. The van der Waals surface area contributed by atoms with Crippen LogP contribution in [0.15, 0.2) is 0 Å². The molecule has 0 amide bonds. The van der Waals surface area contributed by atoms with E-state index in [1.807, 2.05) is 0 Å². The van der Waals surface area contributed by atoms with Gasteiger partial charge in [-0.2, -0.15) is 5.53 Å². The van der Waals surface area contributed by atoms with E-state index >= 15 is 0 Å². The van der Waals surface area contributed by atoms with Crippen LogP contribution in [0.1, 0.15) is 27.2 Å². The fraction of sp³-hybridized carbons (Fsp3) is 1.00. The zero-order valence-electron chi connectivity index (χ0n) is 8.51. The second-order valence-corrected chi connectivity index (χ2v) is 3.45. The largest absolute Gasteiger partial charge is 0.231 e. The minimum atomic E-state index is 0.839. The first kappa shape index (κ1) is 9.96. The zero-order chi connectivity index (χ0) is 8.97. The highest BCUT2D eigenvalue weighted by Crippen LogP contribution is 2.10. The summed E-state index contributed by atoms with van der Waals surface area (Å²) in [6.45, 7) is 11.2. The van der Waals surface area contributed by atoms with Gasteiger partial charge in [-0.1, -0.05) is 27.2 Å². The van der Waals surface area contributed by atoms with Crippen LogP contribution in [0.3, 0.4) is 0 Å². The highest BCUT2D eigenvalue weighted by atomic mass is 15.8. The number of hydrazine groups is 2. The van der Waals surface area contributed by atoms with E-state index in [0.717, 1.165) is 19.0 Å². The minimum Gasteiger partial charge on any atom is -0.231 e. The van der Waals surface area contributed by atoms with Gasteiger partial charge in [0, 0.05) is 26.2 Å². The first-order valence-corrected chi connectivity index (χ1v) is 5.06. The van der Waals surface area contributed by atoms with Crippen LogP contribution in [0.5, 0.6) is 0 Å². The van der Waals surface area contributed by atoms with Crippen molar-refractivity contribution in [1.82, 2.24) is 15.6 Å². The molecule has 3 nitrogen and oxygen atoms in total. The molecule has 0 atom stereocenters. The molecule has 1 N–H and O–H groups in total. The van der Waals surface area contributed by atoms with Gasteiger partial charge < -0.3 is 0 Å². The molecule has 0 unspecified atom stereocenters. The lowest BCUT2D eigenvalue weighted by Gasteiger charge is -2.39. The Balaban J connectivity index is 2.41. The molecule has 72 valence electrons. The Hall–Kier alpha value is -0.120. The van der Waals surface area contributed by atoms with Crippen molar-refractivity contribution in [1.29, 1.82) is 0 Å². The summed E-state index contributed by atoms with van der Waals surface area (Å²) < 4.78 is 0. The summed E-state index contributed by atoms with van der Waals surface area (Å²) in [5.74, 6) is 0.839. The normalized spacial score (nSPS) is 23.2. The molecule has 1 fully saturated rings. The molecule has 0 aromatic carbocycles. The lowest BCUT2D eigenvalue weighted by Crippen LogP contribution is -2.58. The summed E-state index contributed by atoms with van der Waals surface area (Å²) in [7, 11) is 0. The second-order valence-electron chi connectivity index (χ2n) is 3.45. The maximum atomic E-state index is 3.38. The van der Waals surface area contributed by atoms with E-state index in [1.165, 1.54) is 19.5 Å². The van der Waals surface area contributed by atoms with Crippen molar-refractivity contribution in [2.45, 2.75) is 27.2 Å². The van der Waals surface area contributed by atoms with Crippen LogP contribution < -0.4 is 5.53 Å². The van der Waals surface area contributed by atoms with Gasteiger partial charge in [0.25, 0.3) is 0 Å². The summed E-state index contributed by atoms with van der Waals surface area (Å²) in [5.41, 5.74) is 3.38. The molecule has 1 aliphatic rings. The molecule has 0 radical (unpaired) electrons. The van der Waals surface area contributed by atoms with E-state index in [1.54, 1.807) is 0 Å². The third kappa shape index (κ3) is 2.44. The number of nitrogens with zero attached hydrogens (tertiary/aromatic N) is 2. The topological polar surface area (TPSA) is 18.5 Å². The first-order chi connectivity index (χ1) is 5.80. The van der Waals surface area contributed by atoms with Gasteiger partial charge in [-0.3, -0.25) is 0 Å². The molecule has 1 aliphatic heterocycles. The Morgan fingerprint density at radius 2 is 1.58 bits per heavy atom. The van der Waals surface area contributed by atoms with E-state index in [4.69, 9.17) is 0 Å². The monoisotopic (exact) mass is 171 g/mol. The molecule has 1 heterocycles. The second kappa shape index (κ2) is 4.80. The van der Waals surface area contributed by atoms with E-state index in [-0.39, 0.29) is 0 Å². The highest BCUT2D eigenvalue weighted by Gasteiger charge is 2.21. The van der Waals surface area contributed by atoms with Crippen LogP contribution in [0.2, 0.25) is 0 Å². The van der Waals surface area contributed by atoms with Gasteiger partial charge in [0.1, 0.15) is 0 Å². The van der Waals surface area contributed by atoms with Crippen LogP contribution in [-0.4, -0.2) is 36.2 Å². The van der Waals surface area contributed by atoms with E-state index < -0.39 is 0 Å². The van der Waals surface area contributed by atoms with Gasteiger partial charge in [0.2, 0.25) is 0 Å². The molecule has 0 aromatic rings. The van der Waals surface area contributed by atoms with Gasteiger partial charge >= 0.3 is 0 Å². The van der Waals surface area contributed by atoms with Crippen LogP contribution in [0.4, 0.5) is 0 Å². The summed E-state index contributed by atoms with van der Waals surface area (Å²) in [4.78, 5) is 0. The SMILES string of the molecule is CCC1CN(CC)NN(CC)C1. The summed E-state index contributed by atoms with van der Waals surface area (Å²) in [6.07, 6.45) is 1.29. The fourth-order valence-electron chi connectivity index (χ4n) is 1.62.